The first-order valence-electron chi connectivity index (χ1n) is 6.45. The van der Waals surface area contributed by atoms with Crippen LogP contribution in [0, 0.1) is 16.7 Å². The number of hydrogen-bond acceptors (Lipinski definition) is 1. The lowest BCUT2D eigenvalue weighted by molar-refractivity contribution is -0.144. The summed E-state index contributed by atoms with van der Waals surface area (Å²) in [4.78, 5) is 12.8. The van der Waals surface area contributed by atoms with E-state index in [9.17, 15) is 4.79 Å². The average molecular weight is 216 g/mol. The van der Waals surface area contributed by atoms with Crippen LogP contribution in [-0.2, 0) is 4.79 Å². The van der Waals surface area contributed by atoms with Gasteiger partial charge in [0.05, 0.1) is 0 Å². The Hall–Kier alpha value is -0.850. The summed E-state index contributed by atoms with van der Waals surface area (Å²) in [5.41, 5.74) is 1.34. The molecular weight excluding hydrogens is 196 g/mol. The molecule has 0 N–H and O–H groups in total. The van der Waals surface area contributed by atoms with Crippen molar-refractivity contribution in [3.63, 3.8) is 0 Å². The second-order valence-electron chi connectivity index (χ2n) is 6.17. The van der Waals surface area contributed by atoms with Crippen molar-refractivity contribution in [2.24, 2.45) is 16.7 Å². The molecule has 86 valence electrons. The molecule has 16 heavy (non-hydrogen) atoms. The van der Waals surface area contributed by atoms with Gasteiger partial charge < -0.3 is 0 Å². The first-order chi connectivity index (χ1) is 7.58. The van der Waals surface area contributed by atoms with Crippen LogP contribution in [0.2, 0.25) is 0 Å². The average Bonchev–Trinajstić information content (AvgIpc) is 2.56. The molecule has 3 aliphatic rings. The van der Waals surface area contributed by atoms with Gasteiger partial charge in [-0.3, -0.25) is 4.79 Å². The van der Waals surface area contributed by atoms with E-state index in [0.717, 1.165) is 25.7 Å². The maximum absolute atomic E-state index is 12.8. The number of Topliss-reactive ketones (excluding diaryl/α,β-unsaturated/α-hetero) is 1. The molecule has 1 saturated carbocycles. The van der Waals surface area contributed by atoms with Gasteiger partial charge in [-0.05, 0) is 44.9 Å². The maximum Gasteiger partial charge on any atom is 0.146 e. The number of rotatable bonds is 0. The quantitative estimate of drug-likeness (QED) is 0.565. The lowest BCUT2D eigenvalue weighted by atomic mass is 9.56. The summed E-state index contributed by atoms with van der Waals surface area (Å²) in [5.74, 6) is 1.09. The minimum atomic E-state index is -0.0675. The Balaban J connectivity index is 2.10. The van der Waals surface area contributed by atoms with Crippen LogP contribution in [-0.4, -0.2) is 5.78 Å². The second-order valence-corrected chi connectivity index (χ2v) is 6.17. The summed E-state index contributed by atoms with van der Waals surface area (Å²) < 4.78 is 0. The van der Waals surface area contributed by atoms with Crippen molar-refractivity contribution in [2.75, 3.05) is 0 Å². The molecule has 0 unspecified atom stereocenters. The third-order valence-electron chi connectivity index (χ3n) is 5.21. The van der Waals surface area contributed by atoms with Gasteiger partial charge in [0.1, 0.15) is 5.78 Å². The van der Waals surface area contributed by atoms with Gasteiger partial charge in [0.15, 0.2) is 0 Å². The highest BCUT2D eigenvalue weighted by Crippen LogP contribution is 2.58. The van der Waals surface area contributed by atoms with Crippen LogP contribution >= 0.6 is 0 Å². The van der Waals surface area contributed by atoms with E-state index in [-0.39, 0.29) is 10.8 Å². The third-order valence-corrected chi connectivity index (χ3v) is 5.21. The van der Waals surface area contributed by atoms with E-state index in [1.807, 2.05) is 0 Å². The Morgan fingerprint density at radius 2 is 2.00 bits per heavy atom. The number of ketones is 1. The molecule has 0 aromatic rings. The molecule has 3 rings (SSSR count). The minimum Gasteiger partial charge on any atom is -0.298 e. The zero-order valence-corrected chi connectivity index (χ0v) is 10.3. The van der Waals surface area contributed by atoms with Crippen LogP contribution in [0.15, 0.2) is 23.8 Å². The maximum atomic E-state index is 12.8. The van der Waals surface area contributed by atoms with E-state index in [1.54, 1.807) is 0 Å². The Bertz CT molecular complexity index is 404. The third kappa shape index (κ3) is 1.09. The summed E-state index contributed by atoms with van der Waals surface area (Å²) in [6, 6.07) is 0. The largest absolute Gasteiger partial charge is 0.298 e. The monoisotopic (exact) mass is 216 g/mol. The van der Waals surface area contributed by atoms with Crippen molar-refractivity contribution in [2.45, 2.75) is 46.0 Å². The van der Waals surface area contributed by atoms with Gasteiger partial charge in [0, 0.05) is 10.8 Å². The predicted molar refractivity (Wildman–Crippen MR) is 65.0 cm³/mol. The van der Waals surface area contributed by atoms with Crippen molar-refractivity contribution < 1.29 is 4.79 Å². The standard InChI is InChI=1S/C15H20O/c1-11-5-10-15-8-4-3-7-14(2,13(15)16)9-6-12(11)15/h3-5,12H,6-10H2,1-2H3/t12-,14-,15-/m0/s1. The molecule has 3 aliphatic carbocycles. The van der Waals surface area contributed by atoms with Crippen molar-refractivity contribution >= 4 is 5.78 Å². The van der Waals surface area contributed by atoms with E-state index in [0.29, 0.717) is 11.7 Å². The molecule has 3 atom stereocenters. The van der Waals surface area contributed by atoms with E-state index < -0.39 is 0 Å². The van der Waals surface area contributed by atoms with E-state index >= 15 is 0 Å². The molecule has 2 bridgehead atoms. The summed E-state index contributed by atoms with van der Waals surface area (Å²) in [7, 11) is 0. The fraction of sp³-hybridized carbons (Fsp3) is 0.667. The van der Waals surface area contributed by atoms with Crippen LogP contribution in [0.1, 0.15) is 46.0 Å². The van der Waals surface area contributed by atoms with Crippen molar-refractivity contribution in [3.8, 4) is 0 Å². The molecule has 0 saturated heterocycles. The smallest absolute Gasteiger partial charge is 0.146 e. The Kier molecular flexibility index (Phi) is 1.99. The van der Waals surface area contributed by atoms with Gasteiger partial charge >= 0.3 is 0 Å². The SMILES string of the molecule is CC1=CC[C@@]23CC=CC[C@@](C)(CC[C@@H]12)C3=O. The zero-order valence-electron chi connectivity index (χ0n) is 10.3. The molecule has 0 heterocycles. The summed E-state index contributed by atoms with van der Waals surface area (Å²) in [5, 5.41) is 0. The van der Waals surface area contributed by atoms with Crippen molar-refractivity contribution in [1.29, 1.82) is 0 Å². The Morgan fingerprint density at radius 3 is 2.81 bits per heavy atom. The number of allylic oxidation sites excluding steroid dienone is 4. The molecule has 0 aliphatic heterocycles. The normalized spacial score (nSPS) is 46.2. The van der Waals surface area contributed by atoms with Crippen LogP contribution in [0.25, 0.3) is 0 Å². The lowest BCUT2D eigenvalue weighted by Gasteiger charge is -2.46. The zero-order chi connectivity index (χ0) is 11.4. The first kappa shape index (κ1) is 10.3. The number of carbonyl (C=O) groups excluding carboxylic acids is 1. The topological polar surface area (TPSA) is 17.1 Å². The predicted octanol–water partition coefficient (Wildman–Crippen LogP) is 3.66. The molecule has 1 spiro atoms. The summed E-state index contributed by atoms with van der Waals surface area (Å²) in [6.45, 7) is 4.39. The molecule has 1 heteroatoms. The highest BCUT2D eigenvalue weighted by molar-refractivity contribution is 5.93. The first-order valence-corrected chi connectivity index (χ1v) is 6.45. The molecule has 0 amide bonds. The van der Waals surface area contributed by atoms with Crippen LogP contribution < -0.4 is 0 Å². The molecule has 1 fully saturated rings. The number of hydrogen-bond donors (Lipinski definition) is 0. The molecule has 0 radical (unpaired) electrons. The van der Waals surface area contributed by atoms with Crippen LogP contribution in [0.5, 0.6) is 0 Å². The van der Waals surface area contributed by atoms with E-state index in [1.165, 1.54) is 12.0 Å². The van der Waals surface area contributed by atoms with Gasteiger partial charge in [-0.25, -0.2) is 0 Å². The van der Waals surface area contributed by atoms with Crippen molar-refractivity contribution in [3.05, 3.63) is 23.8 Å². The molecule has 1 nitrogen and oxygen atoms in total. The van der Waals surface area contributed by atoms with Gasteiger partial charge in [-0.1, -0.05) is 30.7 Å². The summed E-state index contributed by atoms with van der Waals surface area (Å²) in [6.07, 6.45) is 12.0. The highest BCUT2D eigenvalue weighted by atomic mass is 16.1. The van der Waals surface area contributed by atoms with Gasteiger partial charge in [-0.2, -0.15) is 0 Å². The number of fused-ring (bicyclic) bond motifs is 1. The highest BCUT2D eigenvalue weighted by Gasteiger charge is 2.57. The fourth-order valence-corrected chi connectivity index (χ4v) is 4.15. The van der Waals surface area contributed by atoms with E-state index in [2.05, 4.69) is 32.1 Å². The number of carbonyl (C=O) groups is 1. The van der Waals surface area contributed by atoms with Crippen molar-refractivity contribution in [1.82, 2.24) is 0 Å². The van der Waals surface area contributed by atoms with Gasteiger partial charge in [0.25, 0.3) is 0 Å². The molecular formula is C15H20O. The van der Waals surface area contributed by atoms with E-state index in [4.69, 9.17) is 0 Å². The van der Waals surface area contributed by atoms with Crippen LogP contribution in [0.3, 0.4) is 0 Å². The Labute approximate surface area is 97.6 Å². The lowest BCUT2D eigenvalue weighted by Crippen LogP contribution is -2.48. The van der Waals surface area contributed by atoms with Gasteiger partial charge in [-0.15, -0.1) is 0 Å². The fourth-order valence-electron chi connectivity index (χ4n) is 4.15. The van der Waals surface area contributed by atoms with Gasteiger partial charge in [0.2, 0.25) is 0 Å². The van der Waals surface area contributed by atoms with Crippen LogP contribution in [0.4, 0.5) is 0 Å². The second kappa shape index (κ2) is 3.09. The minimum absolute atomic E-state index is 0.0515. The molecule has 0 aromatic heterocycles. The molecule has 0 aromatic carbocycles. The Morgan fingerprint density at radius 1 is 1.25 bits per heavy atom. The summed E-state index contributed by atoms with van der Waals surface area (Å²) >= 11 is 0.